The second-order valence-electron chi connectivity index (χ2n) is 8.77. The number of halogens is 2. The number of nitrogens with zero attached hydrogens (tertiary/aromatic N) is 2. The van der Waals surface area contributed by atoms with Crippen LogP contribution in [-0.4, -0.2) is 9.97 Å². The Morgan fingerprint density at radius 2 is 1.90 bits per heavy atom. The minimum atomic E-state index is -0.327. The van der Waals surface area contributed by atoms with Crippen LogP contribution in [0.4, 0.5) is 4.39 Å². The average molecular weight is 451 g/mol. The largest absolute Gasteiger partial charge is 0.439 e. The zero-order chi connectivity index (χ0) is 21.2. The molecule has 0 amide bonds. The van der Waals surface area contributed by atoms with Gasteiger partial charge in [-0.2, -0.15) is 0 Å². The number of fused-ring (bicyclic) bond motifs is 1. The smallest absolute Gasteiger partial charge is 0.220 e. The first-order valence-electron chi connectivity index (χ1n) is 10.5. The maximum atomic E-state index is 14.8. The Kier molecular flexibility index (Phi) is 4.34. The maximum Gasteiger partial charge on any atom is 0.220 e. The molecule has 2 aliphatic carbocycles. The van der Waals surface area contributed by atoms with Crippen molar-refractivity contribution in [2.45, 2.75) is 43.9 Å². The Bertz CT molecular complexity index is 1330. The topological polar surface area (TPSA) is 35.0 Å². The molecule has 0 radical (unpaired) electrons. The summed E-state index contributed by atoms with van der Waals surface area (Å²) < 4.78 is 20.8. The summed E-state index contributed by atoms with van der Waals surface area (Å²) in [6.45, 7) is 2.20. The summed E-state index contributed by atoms with van der Waals surface area (Å²) >= 11 is 8.35. The number of hydrogen-bond donors (Lipinski definition) is 0. The molecule has 2 heterocycles. The third kappa shape index (κ3) is 3.50. The van der Waals surface area contributed by atoms with Crippen molar-refractivity contribution in [3.05, 3.63) is 69.9 Å². The summed E-state index contributed by atoms with van der Waals surface area (Å²) in [5.74, 6) is 1.27. The summed E-state index contributed by atoms with van der Waals surface area (Å²) in [6, 6.07) is 14.3. The van der Waals surface area contributed by atoms with Gasteiger partial charge in [-0.15, -0.1) is 0 Å². The summed E-state index contributed by atoms with van der Waals surface area (Å²) in [4.78, 5) is 10.2. The summed E-state index contributed by atoms with van der Waals surface area (Å²) in [5.41, 5.74) is 3.21. The van der Waals surface area contributed by atoms with Gasteiger partial charge in [-0.25, -0.2) is 14.4 Å². The van der Waals surface area contributed by atoms with Gasteiger partial charge in [-0.05, 0) is 60.9 Å². The van der Waals surface area contributed by atoms with Crippen molar-refractivity contribution >= 4 is 33.3 Å². The van der Waals surface area contributed by atoms with E-state index in [0.717, 1.165) is 33.8 Å². The van der Waals surface area contributed by atoms with E-state index in [9.17, 15) is 4.39 Å². The number of aromatic nitrogens is 2. The zero-order valence-electron chi connectivity index (χ0n) is 17.0. The summed E-state index contributed by atoms with van der Waals surface area (Å²) in [5, 5.41) is 1.78. The van der Waals surface area contributed by atoms with Crippen molar-refractivity contribution in [1.82, 2.24) is 9.97 Å². The first-order chi connectivity index (χ1) is 15.0. The van der Waals surface area contributed by atoms with Gasteiger partial charge in [0.15, 0.2) is 0 Å². The highest BCUT2D eigenvalue weighted by Gasteiger charge is 2.41. The van der Waals surface area contributed by atoms with Crippen LogP contribution in [0.25, 0.3) is 21.5 Å². The molecule has 2 aromatic carbocycles. The van der Waals surface area contributed by atoms with Gasteiger partial charge in [0.05, 0.1) is 10.0 Å². The molecule has 4 aromatic rings. The predicted molar refractivity (Wildman–Crippen MR) is 123 cm³/mol. The lowest BCUT2D eigenvalue weighted by molar-refractivity contribution is 0.464. The molecule has 2 aromatic heterocycles. The van der Waals surface area contributed by atoms with Gasteiger partial charge >= 0.3 is 0 Å². The fourth-order valence-corrected chi connectivity index (χ4v) is 5.49. The number of pyridine rings is 1. The Morgan fingerprint density at radius 1 is 1.06 bits per heavy atom. The van der Waals surface area contributed by atoms with Crippen LogP contribution in [0.1, 0.15) is 49.1 Å². The molecule has 0 N–H and O–H groups in total. The molecule has 6 rings (SSSR count). The first-order valence-corrected chi connectivity index (χ1v) is 11.7. The van der Waals surface area contributed by atoms with Crippen molar-refractivity contribution in [3.8, 4) is 22.8 Å². The molecule has 0 unspecified atom stereocenters. The van der Waals surface area contributed by atoms with Crippen LogP contribution in [0.3, 0.4) is 0 Å². The molecule has 6 heteroatoms. The van der Waals surface area contributed by atoms with Crippen LogP contribution < -0.4 is 4.74 Å². The lowest BCUT2D eigenvalue weighted by Gasteiger charge is -2.16. The average Bonchev–Trinajstić information content (AvgIpc) is 3.69. The van der Waals surface area contributed by atoms with Crippen LogP contribution >= 0.6 is 22.9 Å². The van der Waals surface area contributed by atoms with Gasteiger partial charge < -0.3 is 4.74 Å². The van der Waals surface area contributed by atoms with Crippen LogP contribution in [0.5, 0.6) is 11.6 Å². The first kappa shape index (κ1) is 19.2. The van der Waals surface area contributed by atoms with Gasteiger partial charge in [0.25, 0.3) is 0 Å². The molecular formula is C25H20ClFN2OS. The third-order valence-electron chi connectivity index (χ3n) is 6.27. The highest BCUT2D eigenvalue weighted by molar-refractivity contribution is 7.18. The van der Waals surface area contributed by atoms with E-state index in [1.165, 1.54) is 18.9 Å². The lowest BCUT2D eigenvalue weighted by Crippen LogP contribution is -2.01. The molecule has 0 bridgehead atoms. The highest BCUT2D eigenvalue weighted by atomic mass is 35.5. The van der Waals surface area contributed by atoms with E-state index >= 15 is 0 Å². The number of ether oxygens (including phenoxy) is 1. The molecule has 2 aliphatic rings. The van der Waals surface area contributed by atoms with Gasteiger partial charge in [0, 0.05) is 23.1 Å². The normalized spacial score (nSPS) is 17.1. The Morgan fingerprint density at radius 3 is 2.68 bits per heavy atom. The van der Waals surface area contributed by atoms with Crippen molar-refractivity contribution in [1.29, 1.82) is 0 Å². The second kappa shape index (κ2) is 7.01. The summed E-state index contributed by atoms with van der Waals surface area (Å²) in [7, 11) is 0. The quantitative estimate of drug-likeness (QED) is 0.310. The van der Waals surface area contributed by atoms with Crippen LogP contribution in [0, 0.1) is 5.82 Å². The summed E-state index contributed by atoms with van der Waals surface area (Å²) in [6.07, 6.45) is 4.64. The monoisotopic (exact) mass is 450 g/mol. The fraction of sp³-hybridized carbons (Fsp3) is 0.280. The molecule has 31 heavy (non-hydrogen) atoms. The Labute approximate surface area is 188 Å². The minimum Gasteiger partial charge on any atom is -0.439 e. The SMILES string of the molecule is CC1(c2cccc(-c3cc(Oc4ccc5nc(C6CC6)sc5n4)ccc3F)c2Cl)CC1. The second-order valence-corrected chi connectivity index (χ2v) is 10.2. The molecule has 2 saturated carbocycles. The molecule has 0 atom stereocenters. The van der Waals surface area contributed by atoms with E-state index < -0.39 is 0 Å². The maximum absolute atomic E-state index is 14.8. The number of benzene rings is 2. The molecular weight excluding hydrogens is 431 g/mol. The predicted octanol–water partition coefficient (Wildman–Crippen LogP) is 7.87. The van der Waals surface area contributed by atoms with Gasteiger partial charge in [0.2, 0.25) is 5.88 Å². The van der Waals surface area contributed by atoms with Crippen molar-refractivity contribution in [2.75, 3.05) is 0 Å². The standard InChI is InChI=1S/C25H20ClFN2OS/c1-25(11-12-25)18-4-2-3-16(22(18)26)17-13-15(7-8-19(17)27)30-21-10-9-20-24(29-21)31-23(28-20)14-5-6-14/h2-4,7-10,13-14H,5-6,11-12H2,1H3. The van der Waals surface area contributed by atoms with E-state index in [1.807, 2.05) is 30.3 Å². The molecule has 0 aliphatic heterocycles. The van der Waals surface area contributed by atoms with E-state index in [2.05, 4.69) is 16.9 Å². The van der Waals surface area contributed by atoms with Crippen LogP contribution in [0.2, 0.25) is 5.02 Å². The van der Waals surface area contributed by atoms with Gasteiger partial charge in [-0.1, -0.05) is 48.1 Å². The van der Waals surface area contributed by atoms with E-state index in [0.29, 0.717) is 33.7 Å². The molecule has 0 spiro atoms. The van der Waals surface area contributed by atoms with E-state index in [4.69, 9.17) is 16.3 Å². The highest BCUT2D eigenvalue weighted by Crippen LogP contribution is 2.51. The zero-order valence-corrected chi connectivity index (χ0v) is 18.6. The van der Waals surface area contributed by atoms with Crippen LogP contribution in [-0.2, 0) is 5.41 Å². The number of thiazole rings is 1. The van der Waals surface area contributed by atoms with E-state index in [-0.39, 0.29) is 11.2 Å². The fourth-order valence-electron chi connectivity index (χ4n) is 3.94. The third-order valence-corrected chi connectivity index (χ3v) is 7.81. The van der Waals surface area contributed by atoms with E-state index in [1.54, 1.807) is 23.5 Å². The Balaban J connectivity index is 1.34. The van der Waals surface area contributed by atoms with Crippen molar-refractivity contribution < 1.29 is 9.13 Å². The van der Waals surface area contributed by atoms with Crippen molar-refractivity contribution in [3.63, 3.8) is 0 Å². The molecule has 3 nitrogen and oxygen atoms in total. The van der Waals surface area contributed by atoms with Crippen LogP contribution in [0.15, 0.2) is 48.5 Å². The molecule has 2 fully saturated rings. The van der Waals surface area contributed by atoms with Gasteiger partial charge in [0.1, 0.15) is 21.9 Å². The number of hydrogen-bond acceptors (Lipinski definition) is 4. The lowest BCUT2D eigenvalue weighted by atomic mass is 9.93. The molecule has 0 saturated heterocycles. The molecule has 156 valence electrons. The number of rotatable bonds is 5. The minimum absolute atomic E-state index is 0.102. The Hall–Kier alpha value is -2.50. The van der Waals surface area contributed by atoms with Crippen molar-refractivity contribution in [2.24, 2.45) is 0 Å². The van der Waals surface area contributed by atoms with Gasteiger partial charge in [-0.3, -0.25) is 0 Å².